The molecule has 0 bridgehead atoms. The van der Waals surface area contributed by atoms with E-state index in [0.29, 0.717) is 26.9 Å². The Balaban J connectivity index is 1.94. The van der Waals surface area contributed by atoms with Gasteiger partial charge >= 0.3 is 0 Å². The molecule has 2 atom stereocenters. The number of amides is 3. The Morgan fingerprint density at radius 2 is 1.66 bits per heavy atom. The molecule has 0 fully saturated rings. The molecule has 3 N–H and O–H groups in total. The number of carbonyl (C=O) groups excluding carboxylic acids is 3. The second-order valence-electron chi connectivity index (χ2n) is 7.81. The van der Waals surface area contributed by atoms with E-state index in [2.05, 4.69) is 33.2 Å². The molecule has 0 saturated carbocycles. The molecular formula is C25H20Cl2IN3O4. The Morgan fingerprint density at radius 1 is 1.03 bits per heavy atom. The molecular weight excluding hydrogens is 604 g/mol. The Bertz CT molecular complexity index is 1270. The number of nitrogens with zero attached hydrogens (tertiary/aromatic N) is 1. The fraction of sp³-hybridized carbons (Fsp3) is 0.160. The number of aliphatic hydroxyl groups is 1. The molecule has 1 heterocycles. The normalized spacial score (nSPS) is 16.2. The molecule has 3 amide bonds. The fourth-order valence-corrected chi connectivity index (χ4v) is 4.71. The number of rotatable bonds is 6. The molecule has 10 heteroatoms. The molecule has 1 aliphatic rings. The number of benzene rings is 3. The van der Waals surface area contributed by atoms with Crippen LogP contribution in [0.1, 0.15) is 33.6 Å². The van der Waals surface area contributed by atoms with E-state index in [1.165, 1.54) is 4.90 Å². The molecule has 35 heavy (non-hydrogen) atoms. The first-order chi connectivity index (χ1) is 16.8. The second-order valence-corrected chi connectivity index (χ2v) is 9.93. The van der Waals surface area contributed by atoms with E-state index in [0.717, 1.165) is 3.57 Å². The molecule has 0 spiro atoms. The zero-order chi connectivity index (χ0) is 25.1. The number of anilines is 1. The topological polar surface area (TPSA) is 98.7 Å². The summed E-state index contributed by atoms with van der Waals surface area (Å²) in [6, 6.07) is 15.8. The van der Waals surface area contributed by atoms with Gasteiger partial charge < -0.3 is 20.6 Å². The Morgan fingerprint density at radius 3 is 2.29 bits per heavy atom. The third-order valence-corrected chi connectivity index (χ3v) is 6.71. The second kappa shape index (κ2) is 10.9. The fourth-order valence-electron chi connectivity index (χ4n) is 3.97. The molecule has 0 aliphatic carbocycles. The first kappa shape index (κ1) is 25.4. The monoisotopic (exact) mass is 623 g/mol. The van der Waals surface area contributed by atoms with Gasteiger partial charge in [-0.1, -0.05) is 47.5 Å². The maximum Gasteiger partial charge on any atom is 0.257 e. The third-order valence-electron chi connectivity index (χ3n) is 5.54. The minimum absolute atomic E-state index is 0.0166. The highest BCUT2D eigenvalue weighted by Crippen LogP contribution is 2.38. The number of hydrogen-bond acceptors (Lipinski definition) is 4. The minimum Gasteiger partial charge on any atom is -0.395 e. The molecule has 0 aromatic heterocycles. The zero-order valence-electron chi connectivity index (χ0n) is 18.2. The zero-order valence-corrected chi connectivity index (χ0v) is 21.8. The quantitative estimate of drug-likeness (QED) is 0.350. The summed E-state index contributed by atoms with van der Waals surface area (Å²) in [6.07, 6.45) is 0. The van der Waals surface area contributed by atoms with E-state index < -0.39 is 29.8 Å². The van der Waals surface area contributed by atoms with Crippen molar-refractivity contribution in [2.24, 2.45) is 0 Å². The lowest BCUT2D eigenvalue weighted by Crippen LogP contribution is -2.47. The smallest absolute Gasteiger partial charge is 0.257 e. The third kappa shape index (κ3) is 5.45. The van der Waals surface area contributed by atoms with Gasteiger partial charge in [-0.3, -0.25) is 14.4 Å². The van der Waals surface area contributed by atoms with Gasteiger partial charge in [0.1, 0.15) is 12.1 Å². The van der Waals surface area contributed by atoms with Crippen LogP contribution in [0.3, 0.4) is 0 Å². The van der Waals surface area contributed by atoms with Crippen molar-refractivity contribution in [2.45, 2.75) is 12.1 Å². The van der Waals surface area contributed by atoms with Crippen molar-refractivity contribution in [3.63, 3.8) is 0 Å². The summed E-state index contributed by atoms with van der Waals surface area (Å²) in [4.78, 5) is 42.4. The van der Waals surface area contributed by atoms with Gasteiger partial charge in [-0.15, -0.1) is 0 Å². The molecule has 7 nitrogen and oxygen atoms in total. The van der Waals surface area contributed by atoms with Gasteiger partial charge in [0.05, 0.1) is 17.9 Å². The predicted molar refractivity (Wildman–Crippen MR) is 142 cm³/mol. The van der Waals surface area contributed by atoms with E-state index in [-0.39, 0.29) is 18.7 Å². The van der Waals surface area contributed by atoms with Crippen LogP contribution in [0, 0.1) is 3.57 Å². The summed E-state index contributed by atoms with van der Waals surface area (Å²) < 4.78 is 0.793. The van der Waals surface area contributed by atoms with Gasteiger partial charge in [0.2, 0.25) is 5.91 Å². The van der Waals surface area contributed by atoms with Crippen molar-refractivity contribution in [3.8, 4) is 0 Å². The van der Waals surface area contributed by atoms with Gasteiger partial charge in [0.15, 0.2) is 0 Å². The summed E-state index contributed by atoms with van der Waals surface area (Å²) in [6.45, 7) is -0.299. The number of fused-ring (bicyclic) bond motifs is 1. The molecule has 2 unspecified atom stereocenters. The van der Waals surface area contributed by atoms with Crippen LogP contribution in [-0.2, 0) is 9.59 Å². The number of hydrogen-bond donors (Lipinski definition) is 3. The van der Waals surface area contributed by atoms with E-state index in [1.54, 1.807) is 66.7 Å². The molecule has 4 rings (SSSR count). The van der Waals surface area contributed by atoms with E-state index >= 15 is 0 Å². The van der Waals surface area contributed by atoms with Crippen LogP contribution in [0.25, 0.3) is 0 Å². The number of nitrogens with one attached hydrogen (secondary N) is 2. The van der Waals surface area contributed by atoms with Gasteiger partial charge in [-0.05, 0) is 76.2 Å². The van der Waals surface area contributed by atoms with E-state index in [9.17, 15) is 19.5 Å². The standard InChI is InChI=1S/C25H20Cl2IN3O4/c26-16-5-1-14(2-6-16)21(23(33)29-11-12-32)31-22(15-3-7-17(27)8-4-15)24(34)30-20-10-9-18(28)13-19(20)25(31)35/h1-10,13,21-22,32H,11-12H2,(H,29,33)(H,30,34). The van der Waals surface area contributed by atoms with Crippen molar-refractivity contribution >= 4 is 69.2 Å². The van der Waals surface area contributed by atoms with Crippen molar-refractivity contribution in [1.82, 2.24) is 10.2 Å². The highest BCUT2D eigenvalue weighted by atomic mass is 127. The highest BCUT2D eigenvalue weighted by Gasteiger charge is 2.43. The Hall–Kier alpha value is -2.66. The van der Waals surface area contributed by atoms with Gasteiger partial charge in [-0.25, -0.2) is 0 Å². The number of halogens is 3. The minimum atomic E-state index is -1.19. The first-order valence-electron chi connectivity index (χ1n) is 10.6. The first-order valence-corrected chi connectivity index (χ1v) is 12.5. The van der Waals surface area contributed by atoms with Crippen LogP contribution in [0.15, 0.2) is 66.7 Å². The van der Waals surface area contributed by atoms with Crippen LogP contribution in [0.5, 0.6) is 0 Å². The van der Waals surface area contributed by atoms with Crippen LogP contribution in [-0.4, -0.2) is 40.9 Å². The van der Waals surface area contributed by atoms with Gasteiger partial charge in [0, 0.05) is 20.2 Å². The van der Waals surface area contributed by atoms with Gasteiger partial charge in [0.25, 0.3) is 11.8 Å². The Kier molecular flexibility index (Phi) is 7.95. The highest BCUT2D eigenvalue weighted by molar-refractivity contribution is 14.1. The number of aliphatic hydroxyl groups excluding tert-OH is 1. The summed E-state index contributed by atoms with van der Waals surface area (Å²) in [5, 5.41) is 15.7. The van der Waals surface area contributed by atoms with Crippen LogP contribution < -0.4 is 10.6 Å². The lowest BCUT2D eigenvalue weighted by atomic mass is 9.97. The van der Waals surface area contributed by atoms with Crippen molar-refractivity contribution in [3.05, 3.63) is 97.0 Å². The summed E-state index contributed by atoms with van der Waals surface area (Å²) in [5.41, 5.74) is 1.55. The summed E-state index contributed by atoms with van der Waals surface area (Å²) in [7, 11) is 0. The van der Waals surface area contributed by atoms with Crippen molar-refractivity contribution < 1.29 is 19.5 Å². The summed E-state index contributed by atoms with van der Waals surface area (Å²) >= 11 is 14.2. The average molecular weight is 624 g/mol. The molecule has 3 aromatic carbocycles. The van der Waals surface area contributed by atoms with E-state index in [4.69, 9.17) is 23.2 Å². The molecule has 180 valence electrons. The summed E-state index contributed by atoms with van der Waals surface area (Å²) in [5.74, 6) is -1.53. The predicted octanol–water partition coefficient (Wildman–Crippen LogP) is 4.58. The average Bonchev–Trinajstić information content (AvgIpc) is 2.94. The van der Waals surface area contributed by atoms with Crippen molar-refractivity contribution in [1.29, 1.82) is 0 Å². The maximum absolute atomic E-state index is 14.1. The van der Waals surface area contributed by atoms with Crippen LogP contribution >= 0.6 is 45.8 Å². The lowest BCUT2D eigenvalue weighted by Gasteiger charge is -2.35. The largest absolute Gasteiger partial charge is 0.395 e. The van der Waals surface area contributed by atoms with E-state index in [1.807, 2.05) is 0 Å². The SMILES string of the molecule is O=C(NCCO)C(c1ccc(Cl)cc1)N1C(=O)c2cc(I)ccc2NC(=O)C1c1ccc(Cl)cc1. The lowest BCUT2D eigenvalue weighted by molar-refractivity contribution is -0.129. The maximum atomic E-state index is 14.1. The number of carbonyl (C=O) groups is 3. The molecule has 0 radical (unpaired) electrons. The van der Waals surface area contributed by atoms with Crippen LogP contribution in [0.4, 0.5) is 5.69 Å². The van der Waals surface area contributed by atoms with Crippen molar-refractivity contribution in [2.75, 3.05) is 18.5 Å². The van der Waals surface area contributed by atoms with Gasteiger partial charge in [-0.2, -0.15) is 0 Å². The molecule has 3 aromatic rings. The molecule has 0 saturated heterocycles. The van der Waals surface area contributed by atoms with Crippen LogP contribution in [0.2, 0.25) is 10.0 Å². The molecule has 1 aliphatic heterocycles. The Labute approximate surface area is 225 Å².